The maximum Gasteiger partial charge on any atom is 0.255 e. The zero-order valence-corrected chi connectivity index (χ0v) is 16.4. The fraction of sp³-hybridized carbons (Fsp3) is 0.381. The van der Waals surface area contributed by atoms with Crippen LogP contribution < -0.4 is 20.3 Å². The van der Waals surface area contributed by atoms with Crippen molar-refractivity contribution in [1.82, 2.24) is 14.8 Å². The number of hydrogen-bond acceptors (Lipinski definition) is 5. The second-order valence-electron chi connectivity index (χ2n) is 7.53. The highest BCUT2D eigenvalue weighted by Crippen LogP contribution is 2.34. The minimum Gasteiger partial charge on any atom is -0.497 e. The largest absolute Gasteiger partial charge is 0.497 e. The molecular formula is C21H23N3O5. The first-order chi connectivity index (χ1) is 13.9. The van der Waals surface area contributed by atoms with Gasteiger partial charge in [0.1, 0.15) is 17.1 Å². The number of aromatic nitrogens is 1. The van der Waals surface area contributed by atoms with Crippen molar-refractivity contribution in [2.75, 3.05) is 26.7 Å². The monoisotopic (exact) mass is 397 g/mol. The molecule has 3 heterocycles. The maximum absolute atomic E-state index is 13.0. The molecule has 1 N–H and O–H groups in total. The highest BCUT2D eigenvalue weighted by molar-refractivity contribution is 5.97. The van der Waals surface area contributed by atoms with Crippen LogP contribution in [0.1, 0.15) is 33.6 Å². The molecule has 1 atom stereocenters. The number of ether oxygens (including phenoxy) is 2. The SMILES string of the molecule is COc1ccc2c(c1)OC1(CCCN(C(=O)c3ccc(=O)n(C)c3)C1)CNC2=O. The van der Waals surface area contributed by atoms with E-state index in [4.69, 9.17) is 9.47 Å². The summed E-state index contributed by atoms with van der Waals surface area (Å²) in [7, 11) is 3.17. The Balaban J connectivity index is 1.62. The number of pyridine rings is 1. The number of carbonyl (C=O) groups is 2. The molecule has 4 rings (SSSR count). The summed E-state index contributed by atoms with van der Waals surface area (Å²) in [5.41, 5.74) is 0.00655. The number of benzene rings is 1. The predicted octanol–water partition coefficient (Wildman–Crippen LogP) is 1.19. The van der Waals surface area contributed by atoms with Crippen LogP contribution in [0.5, 0.6) is 11.5 Å². The number of methoxy groups -OCH3 is 1. The Kier molecular flexibility index (Phi) is 4.77. The smallest absolute Gasteiger partial charge is 0.255 e. The molecule has 2 aliphatic rings. The van der Waals surface area contributed by atoms with Crippen molar-refractivity contribution in [1.29, 1.82) is 0 Å². The topological polar surface area (TPSA) is 89.9 Å². The maximum atomic E-state index is 13.0. The molecule has 2 aromatic rings. The molecule has 1 aromatic carbocycles. The van der Waals surface area contributed by atoms with Crippen LogP contribution in [0.2, 0.25) is 0 Å². The number of nitrogens with zero attached hydrogens (tertiary/aromatic N) is 2. The summed E-state index contributed by atoms with van der Waals surface area (Å²) in [4.78, 5) is 38.9. The molecule has 1 spiro atoms. The van der Waals surface area contributed by atoms with Crippen LogP contribution in [0.25, 0.3) is 0 Å². The summed E-state index contributed by atoms with van der Waals surface area (Å²) in [5, 5.41) is 2.93. The molecule has 1 unspecified atom stereocenters. The molecular weight excluding hydrogens is 374 g/mol. The van der Waals surface area contributed by atoms with Gasteiger partial charge in [-0.15, -0.1) is 0 Å². The van der Waals surface area contributed by atoms with Gasteiger partial charge < -0.3 is 24.3 Å². The molecule has 1 saturated heterocycles. The Bertz CT molecular complexity index is 1030. The number of hydrogen-bond donors (Lipinski definition) is 1. The summed E-state index contributed by atoms with van der Waals surface area (Å²) in [5.74, 6) is 0.684. The number of carbonyl (C=O) groups excluding carboxylic acids is 2. The lowest BCUT2D eigenvalue weighted by Gasteiger charge is -2.42. The van der Waals surface area contributed by atoms with Gasteiger partial charge >= 0.3 is 0 Å². The summed E-state index contributed by atoms with van der Waals surface area (Å²) < 4.78 is 13.0. The van der Waals surface area contributed by atoms with E-state index in [1.807, 2.05) is 0 Å². The van der Waals surface area contributed by atoms with Crippen molar-refractivity contribution >= 4 is 11.8 Å². The van der Waals surface area contributed by atoms with Gasteiger partial charge in [0.25, 0.3) is 11.8 Å². The normalized spacial score (nSPS) is 21.0. The van der Waals surface area contributed by atoms with E-state index in [2.05, 4.69) is 5.32 Å². The molecule has 0 saturated carbocycles. The summed E-state index contributed by atoms with van der Waals surface area (Å²) in [6.45, 7) is 1.23. The molecule has 0 aliphatic carbocycles. The van der Waals surface area contributed by atoms with Crippen LogP contribution in [-0.2, 0) is 7.05 Å². The second-order valence-corrected chi connectivity index (χ2v) is 7.53. The Morgan fingerprint density at radius 2 is 2.07 bits per heavy atom. The molecule has 8 nitrogen and oxygen atoms in total. The lowest BCUT2D eigenvalue weighted by Crippen LogP contribution is -2.57. The van der Waals surface area contributed by atoms with Gasteiger partial charge in [0.05, 0.1) is 31.3 Å². The first kappa shape index (κ1) is 19.0. The third kappa shape index (κ3) is 3.57. The molecule has 1 fully saturated rings. The lowest BCUT2D eigenvalue weighted by molar-refractivity contribution is -0.000989. The number of piperidine rings is 1. The van der Waals surface area contributed by atoms with Gasteiger partial charge in [-0.05, 0) is 31.0 Å². The van der Waals surface area contributed by atoms with Gasteiger partial charge in [0.2, 0.25) is 5.56 Å². The van der Waals surface area contributed by atoms with Crippen molar-refractivity contribution in [2.45, 2.75) is 18.4 Å². The fourth-order valence-corrected chi connectivity index (χ4v) is 3.91. The van der Waals surface area contributed by atoms with E-state index in [0.29, 0.717) is 48.7 Å². The Morgan fingerprint density at radius 1 is 1.24 bits per heavy atom. The molecule has 29 heavy (non-hydrogen) atoms. The van der Waals surface area contributed by atoms with E-state index in [9.17, 15) is 14.4 Å². The van der Waals surface area contributed by atoms with E-state index >= 15 is 0 Å². The van der Waals surface area contributed by atoms with E-state index in [1.165, 1.54) is 10.6 Å². The van der Waals surface area contributed by atoms with Crippen LogP contribution in [0, 0.1) is 0 Å². The van der Waals surface area contributed by atoms with E-state index in [1.54, 1.807) is 49.5 Å². The zero-order chi connectivity index (χ0) is 20.6. The van der Waals surface area contributed by atoms with Crippen molar-refractivity contribution in [3.63, 3.8) is 0 Å². The van der Waals surface area contributed by atoms with Crippen LogP contribution in [0.4, 0.5) is 0 Å². The van der Waals surface area contributed by atoms with Gasteiger partial charge in [-0.25, -0.2) is 0 Å². The predicted molar refractivity (Wildman–Crippen MR) is 106 cm³/mol. The van der Waals surface area contributed by atoms with E-state index in [-0.39, 0.29) is 17.4 Å². The highest BCUT2D eigenvalue weighted by atomic mass is 16.5. The number of fused-ring (bicyclic) bond motifs is 1. The summed E-state index contributed by atoms with van der Waals surface area (Å²) in [6.07, 6.45) is 3.00. The first-order valence-corrected chi connectivity index (χ1v) is 9.52. The van der Waals surface area contributed by atoms with Crippen molar-refractivity contribution in [2.24, 2.45) is 7.05 Å². The molecule has 0 bridgehead atoms. The average molecular weight is 397 g/mol. The van der Waals surface area contributed by atoms with Gasteiger partial charge in [-0.2, -0.15) is 0 Å². The molecule has 152 valence electrons. The third-order valence-electron chi connectivity index (χ3n) is 5.49. The average Bonchev–Trinajstić information content (AvgIpc) is 2.85. The number of amides is 2. The lowest BCUT2D eigenvalue weighted by atomic mass is 9.92. The van der Waals surface area contributed by atoms with E-state index < -0.39 is 5.60 Å². The number of rotatable bonds is 2. The molecule has 2 aliphatic heterocycles. The Hall–Kier alpha value is -3.29. The van der Waals surface area contributed by atoms with Gasteiger partial charge in [0.15, 0.2) is 0 Å². The molecule has 2 amide bonds. The standard InChI is InChI=1S/C21H23N3O5/c1-23-11-14(4-7-18(23)25)20(27)24-9-3-8-21(13-24)12-22-19(26)16-6-5-15(28-2)10-17(16)29-21/h4-7,10-11H,3,8-9,12-13H2,1-2H3,(H,22,26). The highest BCUT2D eigenvalue weighted by Gasteiger charge is 2.42. The van der Waals surface area contributed by atoms with Crippen LogP contribution in [0.3, 0.4) is 0 Å². The van der Waals surface area contributed by atoms with Crippen molar-refractivity contribution < 1.29 is 19.1 Å². The molecule has 8 heteroatoms. The number of likely N-dealkylation sites (tertiary alicyclic amines) is 1. The minimum atomic E-state index is -0.720. The van der Waals surface area contributed by atoms with Crippen LogP contribution in [0.15, 0.2) is 41.3 Å². The summed E-state index contributed by atoms with van der Waals surface area (Å²) >= 11 is 0. The van der Waals surface area contributed by atoms with Crippen molar-refractivity contribution in [3.8, 4) is 11.5 Å². The van der Waals surface area contributed by atoms with E-state index in [0.717, 1.165) is 6.42 Å². The molecule has 0 radical (unpaired) electrons. The molecule has 1 aromatic heterocycles. The number of nitrogens with one attached hydrogen (secondary N) is 1. The third-order valence-corrected chi connectivity index (χ3v) is 5.49. The Labute approximate surface area is 168 Å². The summed E-state index contributed by atoms with van der Waals surface area (Å²) in [6, 6.07) is 8.03. The second kappa shape index (κ2) is 7.27. The van der Waals surface area contributed by atoms with Crippen LogP contribution in [-0.4, -0.2) is 53.6 Å². The van der Waals surface area contributed by atoms with Gasteiger partial charge in [0, 0.05) is 31.9 Å². The Morgan fingerprint density at radius 3 is 2.83 bits per heavy atom. The minimum absolute atomic E-state index is 0.162. The quantitative estimate of drug-likeness (QED) is 0.822. The first-order valence-electron chi connectivity index (χ1n) is 9.52. The van der Waals surface area contributed by atoms with Crippen molar-refractivity contribution in [3.05, 3.63) is 58.0 Å². The van der Waals surface area contributed by atoms with Crippen LogP contribution >= 0.6 is 0 Å². The fourth-order valence-electron chi connectivity index (χ4n) is 3.91. The van der Waals surface area contributed by atoms with Gasteiger partial charge in [-0.1, -0.05) is 0 Å². The van der Waals surface area contributed by atoms with Gasteiger partial charge in [-0.3, -0.25) is 14.4 Å². The zero-order valence-electron chi connectivity index (χ0n) is 16.4. The number of aryl methyl sites for hydroxylation is 1.